The van der Waals surface area contributed by atoms with Crippen LogP contribution in [0, 0.1) is 0 Å². The molecule has 0 radical (unpaired) electrons. The molecule has 0 heterocycles. The molecule has 0 aromatic heterocycles. The molecule has 21 heteroatoms. The zero-order chi connectivity index (χ0) is 33.7. The number of nitrogens with one attached hydrogen (secondary N) is 3. The van der Waals surface area contributed by atoms with Crippen molar-refractivity contribution in [1.29, 1.82) is 0 Å². The molecule has 0 aliphatic heterocycles. The molecule has 3 unspecified atom stereocenters. The van der Waals surface area contributed by atoms with Crippen LogP contribution < -0.4 is 16.0 Å². The molecule has 2 aromatic rings. The highest BCUT2D eigenvalue weighted by Crippen LogP contribution is 2.44. The van der Waals surface area contributed by atoms with E-state index in [2.05, 4.69) is 0 Å². The molecule has 246 valence electrons. The highest BCUT2D eigenvalue weighted by atomic mass is 32.2. The lowest BCUT2D eigenvalue weighted by atomic mass is 9.98. The minimum atomic E-state index is -5.13. The number of benzene rings is 2. The number of aliphatic carboxylic acids is 1. The molecule has 3 rings (SSSR count). The van der Waals surface area contributed by atoms with Crippen LogP contribution in [0.1, 0.15) is 17.0 Å². The van der Waals surface area contributed by atoms with Crippen LogP contribution in [0.5, 0.6) is 0 Å². The molecule has 0 saturated carbocycles. The van der Waals surface area contributed by atoms with Crippen LogP contribution in [0.4, 0.5) is 4.79 Å². The number of rotatable bonds is 14. The minimum Gasteiger partial charge on any atom is -0.480 e. The van der Waals surface area contributed by atoms with Crippen LogP contribution in [-0.4, -0.2) is 110 Å². The fourth-order valence-corrected chi connectivity index (χ4v) is 6.46. The fraction of sp³-hybridized carbons (Fsp3) is 0.333. The summed E-state index contributed by atoms with van der Waals surface area (Å²) in [5, 5.41) is 14.3. The third-order valence-electron chi connectivity index (χ3n) is 6.33. The number of fused-ring (bicyclic) bond motifs is 3. The maximum absolute atomic E-state index is 12.9. The molecule has 1 aliphatic rings. The first kappa shape index (κ1) is 35.3. The zero-order valence-corrected chi connectivity index (χ0v) is 25.2. The Morgan fingerprint density at radius 1 is 0.644 bits per heavy atom. The van der Waals surface area contributed by atoms with Gasteiger partial charge in [-0.15, -0.1) is 0 Å². The predicted molar refractivity (Wildman–Crippen MR) is 153 cm³/mol. The van der Waals surface area contributed by atoms with Gasteiger partial charge in [0.1, 0.15) is 42.0 Å². The van der Waals surface area contributed by atoms with Crippen molar-refractivity contribution in [2.24, 2.45) is 0 Å². The van der Waals surface area contributed by atoms with Crippen LogP contribution in [-0.2, 0) is 49.5 Å². The van der Waals surface area contributed by atoms with E-state index < -0.39 is 95.5 Å². The van der Waals surface area contributed by atoms with E-state index >= 15 is 0 Å². The van der Waals surface area contributed by atoms with Crippen LogP contribution in [0.2, 0.25) is 0 Å². The van der Waals surface area contributed by atoms with Crippen LogP contribution in [0.3, 0.4) is 0 Å². The van der Waals surface area contributed by atoms with Gasteiger partial charge < -0.3 is 25.8 Å². The van der Waals surface area contributed by atoms with Gasteiger partial charge in [-0.1, -0.05) is 48.5 Å². The van der Waals surface area contributed by atoms with E-state index in [1.54, 1.807) is 34.9 Å². The molecule has 3 atom stereocenters. The van der Waals surface area contributed by atoms with Crippen molar-refractivity contribution < 1.29 is 67.9 Å². The van der Waals surface area contributed by atoms with E-state index in [0.717, 1.165) is 22.3 Å². The molecule has 0 fully saturated rings. The third-order valence-corrected chi connectivity index (χ3v) is 8.60. The number of carbonyl (C=O) groups is 4. The summed E-state index contributed by atoms with van der Waals surface area (Å²) < 4.78 is 101. The number of carbonyl (C=O) groups excluding carboxylic acids is 3. The van der Waals surface area contributed by atoms with E-state index in [1.807, 2.05) is 29.6 Å². The summed E-state index contributed by atoms with van der Waals surface area (Å²) in [7, 11) is -15.2. The van der Waals surface area contributed by atoms with Gasteiger partial charge in [0.15, 0.2) is 0 Å². The lowest BCUT2D eigenvalue weighted by Crippen LogP contribution is -2.59. The summed E-state index contributed by atoms with van der Waals surface area (Å²) in [6.07, 6.45) is -1.37. The largest absolute Gasteiger partial charge is 0.480 e. The van der Waals surface area contributed by atoms with E-state index in [0.29, 0.717) is 0 Å². The van der Waals surface area contributed by atoms with Crippen molar-refractivity contribution in [2.75, 3.05) is 23.9 Å². The van der Waals surface area contributed by atoms with Gasteiger partial charge in [0.25, 0.3) is 30.4 Å². The number of carboxylic acids is 1. The monoisotopic (exact) mass is 693 g/mol. The maximum atomic E-state index is 12.9. The van der Waals surface area contributed by atoms with E-state index in [1.165, 1.54) is 0 Å². The lowest BCUT2D eigenvalue weighted by Gasteiger charge is -2.23. The summed E-state index contributed by atoms with van der Waals surface area (Å²) in [6.45, 7) is -0.293. The zero-order valence-electron chi connectivity index (χ0n) is 22.8. The molecule has 0 bridgehead atoms. The first-order chi connectivity index (χ1) is 20.7. The third kappa shape index (κ3) is 10.5. The van der Waals surface area contributed by atoms with Gasteiger partial charge in [0.2, 0.25) is 11.8 Å². The van der Waals surface area contributed by atoms with Gasteiger partial charge in [0, 0.05) is 5.92 Å². The fourth-order valence-electron chi connectivity index (χ4n) is 4.50. The molecular formula is C24H27N3O15S3. The average Bonchev–Trinajstić information content (AvgIpc) is 3.22. The van der Waals surface area contributed by atoms with Crippen molar-refractivity contribution in [3.63, 3.8) is 0 Å². The smallest absolute Gasteiger partial charge is 0.407 e. The quantitative estimate of drug-likeness (QED) is 0.112. The van der Waals surface area contributed by atoms with Crippen molar-refractivity contribution in [2.45, 2.75) is 24.0 Å². The number of carboxylic acid groups (broad SMARTS) is 1. The second kappa shape index (κ2) is 13.9. The van der Waals surface area contributed by atoms with E-state index in [-0.39, 0.29) is 6.61 Å². The number of amides is 3. The summed E-state index contributed by atoms with van der Waals surface area (Å²) in [5.41, 5.74) is 3.39. The number of ether oxygens (including phenoxy) is 1. The van der Waals surface area contributed by atoms with Gasteiger partial charge in [-0.2, -0.15) is 25.3 Å². The molecule has 18 nitrogen and oxygen atoms in total. The van der Waals surface area contributed by atoms with Gasteiger partial charge in [0.05, 0.1) is 0 Å². The summed E-state index contributed by atoms with van der Waals surface area (Å²) in [6, 6.07) is 7.51. The predicted octanol–water partition coefficient (Wildman–Crippen LogP) is -1.39. The average molecular weight is 694 g/mol. The molecular weight excluding hydrogens is 666 g/mol. The minimum absolute atomic E-state index is 0.293. The highest BCUT2D eigenvalue weighted by molar-refractivity contribution is 7.86. The summed E-state index contributed by atoms with van der Waals surface area (Å²) in [5.74, 6) is -10.5. The first-order valence-corrected chi connectivity index (χ1v) is 17.4. The highest BCUT2D eigenvalue weighted by Gasteiger charge is 2.36. The number of hydrogen-bond acceptors (Lipinski definition) is 11. The van der Waals surface area contributed by atoms with Gasteiger partial charge >= 0.3 is 12.1 Å². The second-order valence-corrected chi connectivity index (χ2v) is 14.2. The summed E-state index contributed by atoms with van der Waals surface area (Å²) >= 11 is 0. The molecule has 45 heavy (non-hydrogen) atoms. The topological polar surface area (TPSA) is 297 Å². The van der Waals surface area contributed by atoms with Crippen LogP contribution in [0.25, 0.3) is 11.1 Å². The van der Waals surface area contributed by atoms with Crippen LogP contribution >= 0.6 is 0 Å². The normalized spacial score (nSPS) is 15.1. The molecule has 0 spiro atoms. The maximum Gasteiger partial charge on any atom is 0.407 e. The van der Waals surface area contributed by atoms with Crippen molar-refractivity contribution >= 4 is 54.2 Å². The molecule has 3 amide bonds. The van der Waals surface area contributed by atoms with E-state index in [9.17, 15) is 53.5 Å². The molecule has 0 saturated heterocycles. The Labute approximate surface area is 256 Å². The Bertz CT molecular complexity index is 1770. The van der Waals surface area contributed by atoms with Crippen LogP contribution in [0.15, 0.2) is 48.5 Å². The van der Waals surface area contributed by atoms with Gasteiger partial charge in [-0.3, -0.25) is 23.2 Å². The number of alkyl carbamates (subject to hydrolysis) is 1. The first-order valence-electron chi connectivity index (χ1n) is 12.5. The van der Waals surface area contributed by atoms with Gasteiger partial charge in [-0.25, -0.2) is 9.59 Å². The number of hydrogen-bond donors (Lipinski definition) is 7. The van der Waals surface area contributed by atoms with Crippen molar-refractivity contribution in [3.05, 3.63) is 59.7 Å². The van der Waals surface area contributed by atoms with E-state index in [4.69, 9.17) is 14.4 Å². The summed E-state index contributed by atoms with van der Waals surface area (Å²) in [4.78, 5) is 49.5. The Hall–Kier alpha value is -4.15. The molecule has 7 N–H and O–H groups in total. The second-order valence-electron chi connectivity index (χ2n) is 9.73. The standard InChI is InChI=1S/C24H27N3O15S3/c28-21(26-20(23(30)31)12-45(39,40)41)18(10-43(33,34)35)25-22(29)19(11-44(36,37)38)27-24(32)42-9-17-15-7-3-1-5-13(15)14-6-2-4-8-16(14)17/h1-8,17-20H,9-12H2,(H,25,29)(H,26,28)(H,27,32)(H,30,31)(H,33,34,35)(H,36,37,38)(H,39,40,41). The van der Waals surface area contributed by atoms with Gasteiger partial charge in [-0.05, 0) is 22.3 Å². The SMILES string of the molecule is O=C(NC(CS(=O)(=O)O)C(=O)NC(CS(=O)(=O)O)C(=O)NC(CS(=O)(=O)O)C(=O)O)OCC1c2ccccc2-c2ccccc21. The Kier molecular flexibility index (Phi) is 10.9. The van der Waals surface area contributed by atoms with Crippen molar-refractivity contribution in [3.8, 4) is 11.1 Å². The molecule has 1 aliphatic carbocycles. The van der Waals surface area contributed by atoms with Crippen molar-refractivity contribution in [1.82, 2.24) is 16.0 Å². The Balaban J connectivity index is 1.77. The molecule has 2 aromatic carbocycles. The lowest BCUT2D eigenvalue weighted by molar-refractivity contribution is -0.141. The Morgan fingerprint density at radius 3 is 1.44 bits per heavy atom. The Morgan fingerprint density at radius 2 is 1.02 bits per heavy atom.